The summed E-state index contributed by atoms with van der Waals surface area (Å²) in [5.41, 5.74) is 6.85. The van der Waals surface area contributed by atoms with Crippen LogP contribution in [0, 0.1) is 5.82 Å². The predicted octanol–water partition coefficient (Wildman–Crippen LogP) is 1.84. The van der Waals surface area contributed by atoms with Crippen LogP contribution in [-0.4, -0.2) is 93.8 Å². The minimum Gasteiger partial charge on any atom is -0.505 e. The number of nitrogens with zero attached hydrogens (tertiary/aromatic N) is 5. The van der Waals surface area contributed by atoms with E-state index in [1.165, 1.54) is 12.1 Å². The molecule has 12 heteroatoms. The molecule has 0 radical (unpaired) electrons. The number of piperidine rings is 1. The van der Waals surface area contributed by atoms with Gasteiger partial charge in [0.1, 0.15) is 0 Å². The first kappa shape index (κ1) is 27.3. The number of aliphatic hydroxyl groups is 1. The summed E-state index contributed by atoms with van der Waals surface area (Å²) in [6.45, 7) is 6.89. The number of halogens is 2. The van der Waals surface area contributed by atoms with Gasteiger partial charge in [0, 0.05) is 44.8 Å². The minimum atomic E-state index is -0.581. The quantitative estimate of drug-likeness (QED) is 0.400. The molecule has 10 nitrogen and oxygen atoms in total. The highest BCUT2D eigenvalue weighted by Gasteiger charge is 2.34. The molecule has 2 aliphatic heterocycles. The Morgan fingerprint density at radius 3 is 2.68 bits per heavy atom. The third-order valence-electron chi connectivity index (χ3n) is 7.22. The number of phenolic OH excluding ortho intramolecular Hbond substituents is 1. The maximum absolute atomic E-state index is 13.7. The fourth-order valence-electron chi connectivity index (χ4n) is 5.26. The molecule has 0 spiro atoms. The van der Waals surface area contributed by atoms with Gasteiger partial charge in [0.25, 0.3) is 5.91 Å². The monoisotopic (exact) mass is 535 g/mol. The molecular formula is C25H35ClFN7O3. The van der Waals surface area contributed by atoms with Gasteiger partial charge in [-0.2, -0.15) is 0 Å². The number of nitrogen functional groups attached to an aromatic ring is 1. The zero-order valence-electron chi connectivity index (χ0n) is 21.0. The van der Waals surface area contributed by atoms with E-state index < -0.39 is 11.7 Å². The lowest BCUT2D eigenvalue weighted by Gasteiger charge is -2.47. The summed E-state index contributed by atoms with van der Waals surface area (Å²) < 4.78 is 13.7. The summed E-state index contributed by atoms with van der Waals surface area (Å²) in [4.78, 5) is 27.8. The van der Waals surface area contributed by atoms with Crippen molar-refractivity contribution in [1.29, 1.82) is 0 Å². The summed E-state index contributed by atoms with van der Waals surface area (Å²) in [5, 5.41) is 21.0. The van der Waals surface area contributed by atoms with Crippen LogP contribution in [-0.2, 0) is 6.54 Å². The standard InChI is InChI=1S/C25H35ClFN7O3/c1-2-17-15-33(24-22(26)30-21(23(28)31-24)25(37)29-7-12-35)10-11-34(17)18-5-8-32(9-6-18)14-16-3-4-20(36)19(27)13-16/h3-4,13,17-18,35-36H,2,5-12,14-15H2,1H3,(H2,28,31)(H,29,37). The Morgan fingerprint density at radius 2 is 2.00 bits per heavy atom. The number of rotatable bonds is 8. The molecule has 1 amide bonds. The highest BCUT2D eigenvalue weighted by molar-refractivity contribution is 6.32. The molecule has 37 heavy (non-hydrogen) atoms. The molecule has 202 valence electrons. The molecule has 0 aliphatic carbocycles. The summed E-state index contributed by atoms with van der Waals surface area (Å²) in [7, 11) is 0. The largest absolute Gasteiger partial charge is 0.505 e. The average molecular weight is 536 g/mol. The van der Waals surface area contributed by atoms with Gasteiger partial charge < -0.3 is 26.2 Å². The third-order valence-corrected chi connectivity index (χ3v) is 7.47. The van der Waals surface area contributed by atoms with E-state index in [-0.39, 0.29) is 35.6 Å². The van der Waals surface area contributed by atoms with Crippen molar-refractivity contribution >= 4 is 29.1 Å². The fraction of sp³-hybridized carbons (Fsp3) is 0.560. The lowest BCUT2D eigenvalue weighted by molar-refractivity contribution is 0.0610. The molecule has 3 heterocycles. The van der Waals surface area contributed by atoms with Crippen molar-refractivity contribution in [2.45, 2.75) is 44.8 Å². The number of nitrogens with one attached hydrogen (secondary N) is 1. The van der Waals surface area contributed by atoms with Crippen molar-refractivity contribution in [3.05, 3.63) is 40.4 Å². The zero-order valence-corrected chi connectivity index (χ0v) is 21.8. The topological polar surface area (TPSA) is 131 Å². The normalized spacial score (nSPS) is 19.8. The molecule has 1 atom stereocenters. The molecular weight excluding hydrogens is 501 g/mol. The predicted molar refractivity (Wildman–Crippen MR) is 140 cm³/mol. The lowest BCUT2D eigenvalue weighted by Crippen LogP contribution is -2.58. The molecule has 4 rings (SSSR count). The second-order valence-corrected chi connectivity index (χ2v) is 9.95. The van der Waals surface area contributed by atoms with Crippen LogP contribution in [0.4, 0.5) is 16.0 Å². The van der Waals surface area contributed by atoms with Gasteiger partial charge in [0.05, 0.1) is 6.61 Å². The Hall–Kier alpha value is -2.73. The van der Waals surface area contributed by atoms with Gasteiger partial charge in [0.15, 0.2) is 34.0 Å². The second-order valence-electron chi connectivity index (χ2n) is 9.59. The summed E-state index contributed by atoms with van der Waals surface area (Å²) >= 11 is 6.43. The van der Waals surface area contributed by atoms with Crippen molar-refractivity contribution in [1.82, 2.24) is 25.1 Å². The number of nitrogens with two attached hydrogens (primary N) is 1. The number of likely N-dealkylation sites (tertiary alicyclic amines) is 1. The number of carbonyl (C=O) groups excluding carboxylic acids is 1. The number of aromatic hydroxyl groups is 1. The van der Waals surface area contributed by atoms with E-state index in [4.69, 9.17) is 22.4 Å². The lowest BCUT2D eigenvalue weighted by atomic mass is 9.98. The summed E-state index contributed by atoms with van der Waals surface area (Å²) in [5.74, 6) is -0.937. The number of amides is 1. The van der Waals surface area contributed by atoms with Crippen LogP contribution in [0.5, 0.6) is 5.75 Å². The van der Waals surface area contributed by atoms with E-state index in [0.717, 1.165) is 51.0 Å². The first-order chi connectivity index (χ1) is 17.8. The third kappa shape index (κ3) is 6.40. The Bertz CT molecular complexity index is 1100. The molecule has 2 aliphatic rings. The molecule has 0 bridgehead atoms. The number of phenols is 1. The van der Waals surface area contributed by atoms with Gasteiger partial charge in [-0.25, -0.2) is 14.4 Å². The van der Waals surface area contributed by atoms with Gasteiger partial charge in [0.2, 0.25) is 0 Å². The number of anilines is 2. The molecule has 2 saturated heterocycles. The SMILES string of the molecule is CCC1CN(c2nc(N)c(C(=O)NCCO)nc2Cl)CCN1C1CCN(Cc2ccc(O)c(F)c2)CC1. The Labute approximate surface area is 221 Å². The van der Waals surface area contributed by atoms with E-state index >= 15 is 0 Å². The van der Waals surface area contributed by atoms with E-state index in [1.54, 1.807) is 6.07 Å². The highest BCUT2D eigenvalue weighted by Crippen LogP contribution is 2.30. The minimum absolute atomic E-state index is 0.00574. The molecule has 1 aromatic heterocycles. The Balaban J connectivity index is 1.35. The maximum atomic E-state index is 13.7. The van der Waals surface area contributed by atoms with Crippen molar-refractivity contribution in [2.75, 3.05) is 56.5 Å². The molecule has 2 aromatic rings. The van der Waals surface area contributed by atoms with Gasteiger partial charge in [-0.3, -0.25) is 14.6 Å². The molecule has 2 fully saturated rings. The van der Waals surface area contributed by atoms with E-state index in [2.05, 4.69) is 36.9 Å². The van der Waals surface area contributed by atoms with Crippen LogP contribution in [0.25, 0.3) is 0 Å². The smallest absolute Gasteiger partial charge is 0.273 e. The number of piperazine rings is 1. The van der Waals surface area contributed by atoms with Crippen molar-refractivity contribution in [3.8, 4) is 5.75 Å². The zero-order chi connectivity index (χ0) is 26.5. The number of hydrogen-bond donors (Lipinski definition) is 4. The van der Waals surface area contributed by atoms with Crippen LogP contribution in [0.1, 0.15) is 42.2 Å². The van der Waals surface area contributed by atoms with E-state index in [9.17, 15) is 14.3 Å². The van der Waals surface area contributed by atoms with Gasteiger partial charge >= 0.3 is 0 Å². The van der Waals surface area contributed by atoms with Crippen molar-refractivity contribution < 1.29 is 19.4 Å². The van der Waals surface area contributed by atoms with Crippen LogP contribution in [0.2, 0.25) is 5.15 Å². The number of carbonyl (C=O) groups is 1. The van der Waals surface area contributed by atoms with Gasteiger partial charge in [-0.15, -0.1) is 0 Å². The van der Waals surface area contributed by atoms with Crippen LogP contribution >= 0.6 is 11.6 Å². The average Bonchev–Trinajstić information content (AvgIpc) is 2.90. The number of aliphatic hydroxyl groups excluding tert-OH is 1. The number of benzene rings is 1. The molecule has 5 N–H and O–H groups in total. The summed E-state index contributed by atoms with van der Waals surface area (Å²) in [6, 6.07) is 5.35. The first-order valence-corrected chi connectivity index (χ1v) is 13.1. The van der Waals surface area contributed by atoms with Crippen molar-refractivity contribution in [2.24, 2.45) is 0 Å². The van der Waals surface area contributed by atoms with Gasteiger partial charge in [-0.05, 0) is 50.0 Å². The van der Waals surface area contributed by atoms with Crippen LogP contribution in [0.3, 0.4) is 0 Å². The Kier molecular flexibility index (Phi) is 9.01. The molecule has 0 saturated carbocycles. The van der Waals surface area contributed by atoms with Crippen LogP contribution in [0.15, 0.2) is 18.2 Å². The Morgan fingerprint density at radius 1 is 1.24 bits per heavy atom. The second kappa shape index (κ2) is 12.2. The summed E-state index contributed by atoms with van der Waals surface area (Å²) in [6.07, 6.45) is 3.02. The number of hydrogen-bond acceptors (Lipinski definition) is 9. The highest BCUT2D eigenvalue weighted by atomic mass is 35.5. The first-order valence-electron chi connectivity index (χ1n) is 12.7. The van der Waals surface area contributed by atoms with E-state index in [1.807, 2.05) is 0 Å². The maximum Gasteiger partial charge on any atom is 0.273 e. The van der Waals surface area contributed by atoms with E-state index in [0.29, 0.717) is 31.0 Å². The van der Waals surface area contributed by atoms with Crippen molar-refractivity contribution in [3.63, 3.8) is 0 Å². The van der Waals surface area contributed by atoms with Gasteiger partial charge in [-0.1, -0.05) is 24.6 Å². The van der Waals surface area contributed by atoms with Crippen LogP contribution < -0.4 is 16.0 Å². The number of aromatic nitrogens is 2. The molecule has 1 unspecified atom stereocenters. The molecule has 1 aromatic carbocycles. The fourth-order valence-corrected chi connectivity index (χ4v) is 5.51.